The number of aromatic nitrogens is 2. The number of amides is 1. The van der Waals surface area contributed by atoms with Gasteiger partial charge in [-0.3, -0.25) is 0 Å². The average Bonchev–Trinajstić information content (AvgIpc) is 2.75. The van der Waals surface area contributed by atoms with Gasteiger partial charge in [0.2, 0.25) is 0 Å². The third kappa shape index (κ3) is 3.00. The number of ether oxygens (including phenoxy) is 1. The number of carbonyl (C=O) groups excluding carboxylic acids is 1. The van der Waals surface area contributed by atoms with E-state index in [9.17, 15) is 4.79 Å². The smallest absolute Gasteiger partial charge is 0.360 e. The van der Waals surface area contributed by atoms with Crippen LogP contribution in [0.2, 0.25) is 5.15 Å². The number of hydrogen-bond donors (Lipinski definition) is 0. The van der Waals surface area contributed by atoms with E-state index in [-0.39, 0.29) is 11.0 Å². The van der Waals surface area contributed by atoms with Gasteiger partial charge in [0, 0.05) is 30.0 Å². The Morgan fingerprint density at radius 2 is 2.00 bits per heavy atom. The second kappa shape index (κ2) is 6.35. The molecule has 0 aliphatic rings. The molecule has 0 radical (unpaired) electrons. The molecule has 0 saturated carbocycles. The van der Waals surface area contributed by atoms with E-state index < -0.39 is 6.03 Å². The van der Waals surface area contributed by atoms with Crippen LogP contribution in [0.1, 0.15) is 12.7 Å². The van der Waals surface area contributed by atoms with Crippen LogP contribution in [0.5, 0.6) is 11.6 Å². The Kier molecular flexibility index (Phi) is 4.75. The molecule has 0 saturated heterocycles. The maximum Gasteiger partial charge on any atom is 0.360 e. The van der Waals surface area contributed by atoms with Crippen LogP contribution in [0.25, 0.3) is 0 Å². The van der Waals surface area contributed by atoms with E-state index in [4.69, 9.17) is 39.9 Å². The highest BCUT2D eigenvalue weighted by Crippen LogP contribution is 2.30. The summed E-state index contributed by atoms with van der Waals surface area (Å²) in [7, 11) is 0. The Balaban J connectivity index is 2.39. The zero-order valence-corrected chi connectivity index (χ0v) is 12.7. The van der Waals surface area contributed by atoms with Crippen LogP contribution in [0, 0.1) is 0 Å². The van der Waals surface area contributed by atoms with E-state index in [1.165, 1.54) is 0 Å². The van der Waals surface area contributed by atoms with E-state index in [0.29, 0.717) is 21.9 Å². The Labute approximate surface area is 130 Å². The van der Waals surface area contributed by atoms with Crippen LogP contribution in [-0.2, 0) is 6.42 Å². The number of imidazole rings is 1. The van der Waals surface area contributed by atoms with Gasteiger partial charge in [0.1, 0.15) is 11.6 Å². The topological polar surface area (TPSA) is 47.4 Å². The SMILES string of the molecule is CCc1nc(Oc2ccccc2)c(Cl)n1C(=O)N(Cl)Cl. The number of carbonyl (C=O) groups is 1. The maximum atomic E-state index is 11.9. The number of halogens is 3. The standard InChI is InChI=1S/C12H10Cl3N3O2/c1-2-9-16-11(20-8-6-4-3-5-7-8)10(13)17(9)12(19)18(14)15/h3-7H,2H2,1H3. The summed E-state index contributed by atoms with van der Waals surface area (Å²) in [6.45, 7) is 1.82. The van der Waals surface area contributed by atoms with E-state index in [1.807, 2.05) is 25.1 Å². The fraction of sp³-hybridized carbons (Fsp3) is 0.167. The molecule has 8 heteroatoms. The van der Waals surface area contributed by atoms with Gasteiger partial charge in [0.25, 0.3) is 5.88 Å². The first-order valence-electron chi connectivity index (χ1n) is 5.70. The molecular formula is C12H10Cl3N3O2. The minimum atomic E-state index is -0.717. The molecule has 0 aliphatic carbocycles. The van der Waals surface area contributed by atoms with Crippen LogP contribution >= 0.6 is 35.2 Å². The van der Waals surface area contributed by atoms with Crippen molar-refractivity contribution in [1.82, 2.24) is 13.5 Å². The second-order valence-corrected chi connectivity index (χ2v) is 4.95. The summed E-state index contributed by atoms with van der Waals surface area (Å²) in [4.78, 5) is 16.0. The first-order valence-corrected chi connectivity index (χ1v) is 6.76. The van der Waals surface area contributed by atoms with Crippen molar-refractivity contribution in [2.24, 2.45) is 0 Å². The Morgan fingerprint density at radius 3 is 2.55 bits per heavy atom. The van der Waals surface area contributed by atoms with Gasteiger partial charge in [-0.2, -0.15) is 4.98 Å². The fourth-order valence-corrected chi connectivity index (χ4v) is 2.00. The molecule has 0 bridgehead atoms. The van der Waals surface area contributed by atoms with Crippen molar-refractivity contribution in [1.29, 1.82) is 0 Å². The third-order valence-electron chi connectivity index (χ3n) is 2.47. The number of rotatable bonds is 3. The Hall–Kier alpha value is -1.43. The number of para-hydroxylation sites is 1. The van der Waals surface area contributed by atoms with E-state index in [1.54, 1.807) is 12.1 Å². The number of benzene rings is 1. The largest absolute Gasteiger partial charge is 0.436 e. The third-order valence-corrected chi connectivity index (χ3v) is 3.09. The van der Waals surface area contributed by atoms with Gasteiger partial charge in [0.05, 0.1) is 0 Å². The Bertz CT molecular complexity index is 614. The van der Waals surface area contributed by atoms with E-state index >= 15 is 0 Å². The van der Waals surface area contributed by atoms with Gasteiger partial charge in [-0.1, -0.05) is 36.7 Å². The number of hydrogen-bond acceptors (Lipinski definition) is 3. The lowest BCUT2D eigenvalue weighted by Crippen LogP contribution is -2.21. The second-order valence-electron chi connectivity index (χ2n) is 3.74. The lowest BCUT2D eigenvalue weighted by molar-refractivity contribution is 0.237. The van der Waals surface area contributed by atoms with Gasteiger partial charge >= 0.3 is 6.03 Å². The summed E-state index contributed by atoms with van der Waals surface area (Å²) in [6.07, 6.45) is 0.464. The molecule has 0 atom stereocenters. The van der Waals surface area contributed by atoms with Gasteiger partial charge < -0.3 is 4.74 Å². The molecule has 0 aliphatic heterocycles. The van der Waals surface area contributed by atoms with Gasteiger partial charge in [-0.05, 0) is 12.1 Å². The van der Waals surface area contributed by atoms with Crippen molar-refractivity contribution in [2.45, 2.75) is 13.3 Å². The normalized spacial score (nSPS) is 10.4. The summed E-state index contributed by atoms with van der Waals surface area (Å²) in [5.41, 5.74) is 0. The summed E-state index contributed by atoms with van der Waals surface area (Å²) in [5.74, 6) is 1.08. The van der Waals surface area contributed by atoms with E-state index in [0.717, 1.165) is 4.57 Å². The highest BCUT2D eigenvalue weighted by Gasteiger charge is 2.24. The molecule has 0 unspecified atom stereocenters. The zero-order chi connectivity index (χ0) is 14.7. The molecule has 1 heterocycles. The van der Waals surface area contributed by atoms with Gasteiger partial charge in [-0.25, -0.2) is 9.36 Å². The molecule has 0 spiro atoms. The van der Waals surface area contributed by atoms with Crippen molar-refractivity contribution in [3.63, 3.8) is 0 Å². The van der Waals surface area contributed by atoms with Gasteiger partial charge in [-0.15, -0.1) is 3.94 Å². The summed E-state index contributed by atoms with van der Waals surface area (Å²) in [6, 6.07) is 8.26. The monoisotopic (exact) mass is 333 g/mol. The average molecular weight is 335 g/mol. The Morgan fingerprint density at radius 1 is 1.35 bits per heavy atom. The van der Waals surface area contributed by atoms with Gasteiger partial charge in [0.15, 0.2) is 5.15 Å². The fourth-order valence-electron chi connectivity index (χ4n) is 1.59. The predicted molar refractivity (Wildman–Crippen MR) is 77.5 cm³/mol. The minimum Gasteiger partial charge on any atom is -0.436 e. The highest BCUT2D eigenvalue weighted by molar-refractivity contribution is 6.42. The van der Waals surface area contributed by atoms with Crippen molar-refractivity contribution >= 4 is 41.2 Å². The van der Waals surface area contributed by atoms with Crippen LogP contribution in [-0.4, -0.2) is 19.5 Å². The van der Waals surface area contributed by atoms with Crippen LogP contribution < -0.4 is 4.74 Å². The van der Waals surface area contributed by atoms with Crippen LogP contribution in [0.15, 0.2) is 30.3 Å². The minimum absolute atomic E-state index is 0.0157. The lowest BCUT2D eigenvalue weighted by Gasteiger charge is -2.08. The molecule has 2 rings (SSSR count). The van der Waals surface area contributed by atoms with Crippen molar-refractivity contribution in [3.05, 3.63) is 41.3 Å². The quantitative estimate of drug-likeness (QED) is 0.778. The highest BCUT2D eigenvalue weighted by atomic mass is 35.5. The van der Waals surface area contributed by atoms with Crippen molar-refractivity contribution < 1.29 is 9.53 Å². The maximum absolute atomic E-state index is 11.9. The van der Waals surface area contributed by atoms with Crippen LogP contribution in [0.3, 0.4) is 0 Å². The molecule has 20 heavy (non-hydrogen) atoms. The molecule has 0 fully saturated rings. The molecule has 5 nitrogen and oxygen atoms in total. The molecule has 106 valence electrons. The summed E-state index contributed by atoms with van der Waals surface area (Å²) >= 11 is 17.0. The lowest BCUT2D eigenvalue weighted by atomic mass is 10.3. The van der Waals surface area contributed by atoms with Crippen LogP contribution in [0.4, 0.5) is 4.79 Å². The first kappa shape index (κ1) is 15.0. The first-order chi connectivity index (χ1) is 9.54. The molecule has 2 aromatic rings. The zero-order valence-electron chi connectivity index (χ0n) is 10.4. The number of nitrogens with zero attached hydrogens (tertiary/aromatic N) is 3. The molecule has 1 aromatic heterocycles. The molecule has 0 N–H and O–H groups in total. The summed E-state index contributed by atoms with van der Waals surface area (Å²) in [5, 5.41) is 0.0157. The number of aryl methyl sites for hydroxylation is 1. The molecule has 1 amide bonds. The van der Waals surface area contributed by atoms with E-state index in [2.05, 4.69) is 4.98 Å². The van der Waals surface area contributed by atoms with Crippen molar-refractivity contribution in [3.8, 4) is 11.6 Å². The molecular weight excluding hydrogens is 325 g/mol. The predicted octanol–water partition coefficient (Wildman–Crippen LogP) is 4.47. The summed E-state index contributed by atoms with van der Waals surface area (Å²) < 4.78 is 7.03. The van der Waals surface area contributed by atoms with Crippen molar-refractivity contribution in [2.75, 3.05) is 0 Å². The molecule has 1 aromatic carbocycles.